The van der Waals surface area contributed by atoms with Gasteiger partial charge in [0.2, 0.25) is 0 Å². The topological polar surface area (TPSA) is 29.0 Å². The second kappa shape index (κ2) is 8.67. The van der Waals surface area contributed by atoms with Crippen LogP contribution in [0.25, 0.3) is 22.0 Å². The lowest BCUT2D eigenvalue weighted by Crippen LogP contribution is -2.14. The van der Waals surface area contributed by atoms with Gasteiger partial charge in [0.05, 0.1) is 11.4 Å². The van der Waals surface area contributed by atoms with E-state index in [-0.39, 0.29) is 5.41 Å². The Labute approximate surface area is 214 Å². The summed E-state index contributed by atoms with van der Waals surface area (Å²) in [6, 6.07) is 34.4. The van der Waals surface area contributed by atoms with E-state index in [0.29, 0.717) is 0 Å². The Morgan fingerprint density at radius 2 is 1.23 bits per heavy atom. The number of nitrogens with zero attached hydrogens (tertiary/aromatic N) is 3. The minimum Gasteiger partial charge on any atom is -0.308 e. The normalized spacial score (nSPS) is 12.8. The highest BCUT2D eigenvalue weighted by Crippen LogP contribution is 2.51. The molecule has 5 aromatic rings. The fourth-order valence-electron chi connectivity index (χ4n) is 4.31. The van der Waals surface area contributed by atoms with Gasteiger partial charge in [-0.1, -0.05) is 81.1 Å². The third-order valence-electron chi connectivity index (χ3n) is 6.24. The van der Waals surface area contributed by atoms with E-state index in [1.54, 1.807) is 0 Å². The maximum Gasteiger partial charge on any atom is 0.173 e. The molecule has 0 atom stereocenters. The molecular formula is C30H25N3S2. The van der Waals surface area contributed by atoms with Crippen LogP contribution in [0.15, 0.2) is 107 Å². The lowest BCUT2D eigenvalue weighted by atomic mass is 9.87. The number of benzene rings is 4. The van der Waals surface area contributed by atoms with Gasteiger partial charge in [-0.05, 0) is 71.0 Å². The summed E-state index contributed by atoms with van der Waals surface area (Å²) >= 11 is 3.27. The van der Waals surface area contributed by atoms with Gasteiger partial charge in [-0.15, -0.1) is 0 Å². The van der Waals surface area contributed by atoms with E-state index in [4.69, 9.17) is 4.98 Å². The molecule has 2 heterocycles. The van der Waals surface area contributed by atoms with Crippen molar-refractivity contribution in [2.45, 2.75) is 36.0 Å². The fourth-order valence-corrected chi connectivity index (χ4v) is 6.06. The summed E-state index contributed by atoms with van der Waals surface area (Å²) in [5.41, 5.74) is 7.13. The molecule has 0 fully saturated rings. The zero-order valence-corrected chi connectivity index (χ0v) is 21.5. The van der Waals surface area contributed by atoms with Gasteiger partial charge < -0.3 is 4.90 Å². The van der Waals surface area contributed by atoms with Gasteiger partial charge in [0.1, 0.15) is 5.01 Å². The fraction of sp³-hybridized carbons (Fsp3) is 0.133. The lowest BCUT2D eigenvalue weighted by Gasteiger charge is -2.32. The molecule has 0 bridgehead atoms. The van der Waals surface area contributed by atoms with Crippen molar-refractivity contribution in [1.29, 1.82) is 0 Å². The smallest absolute Gasteiger partial charge is 0.173 e. The first-order valence-electron chi connectivity index (χ1n) is 11.7. The summed E-state index contributed by atoms with van der Waals surface area (Å²) in [5, 5.41) is 0.932. The van der Waals surface area contributed by atoms with Crippen molar-refractivity contribution >= 4 is 40.4 Å². The van der Waals surface area contributed by atoms with Crippen LogP contribution in [0, 0.1) is 0 Å². The van der Waals surface area contributed by atoms with Crippen molar-refractivity contribution < 1.29 is 0 Å². The number of hydrogen-bond donors (Lipinski definition) is 0. The first kappa shape index (κ1) is 22.1. The van der Waals surface area contributed by atoms with Gasteiger partial charge in [-0.3, -0.25) is 0 Å². The summed E-state index contributed by atoms with van der Waals surface area (Å²) in [7, 11) is 0. The summed E-state index contributed by atoms with van der Waals surface area (Å²) in [4.78, 5) is 9.72. The Bertz CT molecular complexity index is 1450. The molecule has 5 heteroatoms. The van der Waals surface area contributed by atoms with Crippen LogP contribution < -0.4 is 4.90 Å². The van der Waals surface area contributed by atoms with Gasteiger partial charge in [-0.25, -0.2) is 4.98 Å². The maximum absolute atomic E-state index is 4.85. The molecular weight excluding hydrogens is 466 g/mol. The molecule has 6 rings (SSSR count). The van der Waals surface area contributed by atoms with E-state index in [0.717, 1.165) is 27.6 Å². The summed E-state index contributed by atoms with van der Waals surface area (Å²) < 4.78 is 4.64. The second-order valence-corrected chi connectivity index (χ2v) is 11.5. The first-order chi connectivity index (χ1) is 17.0. The molecule has 172 valence electrons. The number of rotatable bonds is 3. The summed E-state index contributed by atoms with van der Waals surface area (Å²) in [5.74, 6) is 0.783. The summed E-state index contributed by atoms with van der Waals surface area (Å²) in [6.07, 6.45) is 0. The predicted molar refractivity (Wildman–Crippen MR) is 148 cm³/mol. The quantitative estimate of drug-likeness (QED) is 0.247. The minimum atomic E-state index is 0.134. The van der Waals surface area contributed by atoms with Crippen LogP contribution in [0.3, 0.4) is 0 Å². The minimum absolute atomic E-state index is 0.134. The Morgan fingerprint density at radius 3 is 1.83 bits per heavy atom. The van der Waals surface area contributed by atoms with E-state index in [9.17, 15) is 0 Å². The van der Waals surface area contributed by atoms with Crippen molar-refractivity contribution in [3.8, 4) is 22.0 Å². The molecule has 0 saturated heterocycles. The number of fused-ring (bicyclic) bond motifs is 2. The molecule has 0 aliphatic carbocycles. The molecule has 0 amide bonds. The van der Waals surface area contributed by atoms with Gasteiger partial charge in [0.15, 0.2) is 5.82 Å². The second-order valence-electron chi connectivity index (χ2n) is 9.67. The number of aromatic nitrogens is 2. The van der Waals surface area contributed by atoms with Gasteiger partial charge >= 0.3 is 0 Å². The Morgan fingerprint density at radius 1 is 0.657 bits per heavy atom. The standard InChI is InChI=1S/C30H25N3S2/c1-30(2,3)22-16-12-20(13-17-22)28-31-29(35-32-28)21-14-18-23(19-15-21)33-24-8-4-6-10-26(24)34-27-11-7-5-9-25(27)33/h4-19H,1-3H3. The van der Waals surface area contributed by atoms with Crippen LogP contribution in [0.5, 0.6) is 0 Å². The third kappa shape index (κ3) is 4.15. The Hall–Kier alpha value is -3.41. The van der Waals surface area contributed by atoms with Crippen molar-refractivity contribution in [1.82, 2.24) is 9.36 Å². The van der Waals surface area contributed by atoms with Crippen LogP contribution in [-0.4, -0.2) is 9.36 Å². The van der Waals surface area contributed by atoms with Crippen LogP contribution >= 0.6 is 23.3 Å². The monoisotopic (exact) mass is 491 g/mol. The average Bonchev–Trinajstić information content (AvgIpc) is 3.37. The van der Waals surface area contributed by atoms with E-state index in [1.165, 1.54) is 38.3 Å². The molecule has 0 saturated carbocycles. The van der Waals surface area contributed by atoms with E-state index in [2.05, 4.69) is 127 Å². The van der Waals surface area contributed by atoms with Gasteiger partial charge in [0.25, 0.3) is 0 Å². The molecule has 1 aromatic heterocycles. The highest BCUT2D eigenvalue weighted by molar-refractivity contribution is 7.99. The average molecular weight is 492 g/mol. The van der Waals surface area contributed by atoms with Crippen molar-refractivity contribution in [2.24, 2.45) is 0 Å². The van der Waals surface area contributed by atoms with E-state index >= 15 is 0 Å². The van der Waals surface area contributed by atoms with E-state index < -0.39 is 0 Å². The molecule has 1 aliphatic heterocycles. The van der Waals surface area contributed by atoms with Crippen LogP contribution in [-0.2, 0) is 5.41 Å². The summed E-state index contributed by atoms with van der Waals surface area (Å²) in [6.45, 7) is 6.68. The first-order valence-corrected chi connectivity index (χ1v) is 13.3. The lowest BCUT2D eigenvalue weighted by molar-refractivity contribution is 0.590. The SMILES string of the molecule is CC(C)(C)c1ccc(-c2nsc(-c3ccc(N4c5ccccc5Sc5ccccc54)cc3)n2)cc1. The van der Waals surface area contributed by atoms with Gasteiger partial charge in [0, 0.05) is 26.6 Å². The van der Waals surface area contributed by atoms with Crippen molar-refractivity contribution in [2.75, 3.05) is 4.90 Å². The third-order valence-corrected chi connectivity index (χ3v) is 8.13. The molecule has 0 unspecified atom stereocenters. The predicted octanol–water partition coefficient (Wildman–Crippen LogP) is 9.10. The number of hydrogen-bond acceptors (Lipinski definition) is 5. The van der Waals surface area contributed by atoms with Crippen LogP contribution in [0.4, 0.5) is 17.1 Å². The van der Waals surface area contributed by atoms with Crippen LogP contribution in [0.2, 0.25) is 0 Å². The van der Waals surface area contributed by atoms with Gasteiger partial charge in [-0.2, -0.15) is 4.37 Å². The molecule has 0 spiro atoms. The number of anilines is 3. The molecule has 0 N–H and O–H groups in total. The highest BCUT2D eigenvalue weighted by Gasteiger charge is 2.24. The Kier molecular flexibility index (Phi) is 5.47. The number of para-hydroxylation sites is 2. The highest BCUT2D eigenvalue weighted by atomic mass is 32.2. The zero-order chi connectivity index (χ0) is 24.0. The molecule has 0 radical (unpaired) electrons. The van der Waals surface area contributed by atoms with Crippen molar-refractivity contribution in [3.63, 3.8) is 0 Å². The molecule has 1 aliphatic rings. The van der Waals surface area contributed by atoms with E-state index in [1.807, 2.05) is 11.8 Å². The Balaban J connectivity index is 1.31. The largest absolute Gasteiger partial charge is 0.308 e. The molecule has 4 aromatic carbocycles. The molecule has 35 heavy (non-hydrogen) atoms. The maximum atomic E-state index is 4.85. The zero-order valence-electron chi connectivity index (χ0n) is 19.9. The van der Waals surface area contributed by atoms with Crippen molar-refractivity contribution in [3.05, 3.63) is 103 Å². The van der Waals surface area contributed by atoms with Crippen LogP contribution in [0.1, 0.15) is 26.3 Å². The molecule has 3 nitrogen and oxygen atoms in total.